The van der Waals surface area contributed by atoms with Gasteiger partial charge < -0.3 is 9.47 Å². The molecule has 0 unspecified atom stereocenters. The van der Waals surface area contributed by atoms with Gasteiger partial charge in [-0.05, 0) is 59.7 Å². The highest BCUT2D eigenvalue weighted by Crippen LogP contribution is 2.33. The van der Waals surface area contributed by atoms with Crippen LogP contribution in [0.25, 0.3) is 0 Å². The topological polar surface area (TPSA) is 52.6 Å². The van der Waals surface area contributed by atoms with E-state index in [1.54, 1.807) is 72.8 Å². The lowest BCUT2D eigenvalue weighted by Crippen LogP contribution is -2.19. The predicted molar refractivity (Wildman–Crippen MR) is 128 cm³/mol. The van der Waals surface area contributed by atoms with Gasteiger partial charge in [0.25, 0.3) is 0 Å². The Bertz CT molecular complexity index is 1130. The molecule has 4 rings (SSSR count). The number of rotatable bonds is 6. The number of benzene rings is 4. The van der Waals surface area contributed by atoms with E-state index in [0.29, 0.717) is 22.6 Å². The van der Waals surface area contributed by atoms with Crippen molar-refractivity contribution in [3.8, 4) is 11.5 Å². The summed E-state index contributed by atoms with van der Waals surface area (Å²) < 4.78 is 11.0. The summed E-state index contributed by atoms with van der Waals surface area (Å²) in [6, 6.07) is 32.8. The molecule has 0 atom stereocenters. The molecule has 0 N–H and O–H groups in total. The predicted octanol–water partition coefficient (Wildman–Crippen LogP) is 6.45. The molecular weight excluding hydrogens is 412 g/mol. The molecular formula is C29H24O4. The normalized spacial score (nSPS) is 11.0. The summed E-state index contributed by atoms with van der Waals surface area (Å²) in [5.41, 5.74) is 2.85. The van der Waals surface area contributed by atoms with E-state index >= 15 is 0 Å². The van der Waals surface area contributed by atoms with Crippen LogP contribution in [0, 0.1) is 0 Å². The quantitative estimate of drug-likeness (QED) is 0.257. The molecule has 0 aliphatic carbocycles. The van der Waals surface area contributed by atoms with Crippen LogP contribution in [0.5, 0.6) is 11.5 Å². The monoisotopic (exact) mass is 436 g/mol. The van der Waals surface area contributed by atoms with Crippen LogP contribution >= 0.6 is 0 Å². The molecule has 0 heterocycles. The lowest BCUT2D eigenvalue weighted by Gasteiger charge is -2.26. The summed E-state index contributed by atoms with van der Waals surface area (Å²) in [7, 11) is 0. The fourth-order valence-corrected chi connectivity index (χ4v) is 3.53. The van der Waals surface area contributed by atoms with Crippen molar-refractivity contribution in [3.05, 3.63) is 131 Å². The number of esters is 2. The van der Waals surface area contributed by atoms with Gasteiger partial charge in [-0.25, -0.2) is 9.59 Å². The zero-order chi connectivity index (χ0) is 23.3. The first kappa shape index (κ1) is 22.0. The number of hydrogen-bond acceptors (Lipinski definition) is 4. The van der Waals surface area contributed by atoms with Crippen molar-refractivity contribution in [1.82, 2.24) is 0 Å². The first-order valence-electron chi connectivity index (χ1n) is 10.7. The highest BCUT2D eigenvalue weighted by atomic mass is 16.5. The Morgan fingerprint density at radius 2 is 0.848 bits per heavy atom. The van der Waals surface area contributed by atoms with E-state index in [0.717, 1.165) is 11.1 Å². The summed E-state index contributed by atoms with van der Waals surface area (Å²) >= 11 is 0. The first-order valence-corrected chi connectivity index (χ1v) is 10.7. The molecule has 0 spiro atoms. The van der Waals surface area contributed by atoms with Crippen LogP contribution in [0.3, 0.4) is 0 Å². The highest BCUT2D eigenvalue weighted by Gasteiger charge is 2.23. The van der Waals surface area contributed by atoms with E-state index in [9.17, 15) is 9.59 Å². The van der Waals surface area contributed by atoms with Gasteiger partial charge in [0.2, 0.25) is 0 Å². The number of ether oxygens (including phenoxy) is 2. The average molecular weight is 437 g/mol. The summed E-state index contributed by atoms with van der Waals surface area (Å²) in [6.45, 7) is 4.23. The standard InChI is InChI=1S/C29H24O4/c1-29(2,23-13-17-25(18-14-23)32-27(30)21-9-5-3-6-10-21)24-15-19-26(20-16-24)33-28(31)22-11-7-4-8-12-22/h3-20H,1-2H3. The number of carbonyl (C=O) groups excluding carboxylic acids is 2. The van der Waals surface area contributed by atoms with Gasteiger partial charge in [-0.15, -0.1) is 0 Å². The molecule has 0 aromatic heterocycles. The minimum atomic E-state index is -0.386. The fraction of sp³-hybridized carbons (Fsp3) is 0.103. The molecule has 0 fully saturated rings. The Morgan fingerprint density at radius 1 is 0.515 bits per heavy atom. The fourth-order valence-electron chi connectivity index (χ4n) is 3.53. The van der Waals surface area contributed by atoms with Crippen LogP contribution in [-0.4, -0.2) is 11.9 Å². The van der Waals surface area contributed by atoms with Crippen molar-refractivity contribution < 1.29 is 19.1 Å². The van der Waals surface area contributed by atoms with E-state index in [4.69, 9.17) is 9.47 Å². The van der Waals surface area contributed by atoms with Crippen molar-refractivity contribution in [2.75, 3.05) is 0 Å². The van der Waals surface area contributed by atoms with Gasteiger partial charge in [-0.3, -0.25) is 0 Å². The number of carbonyl (C=O) groups is 2. The summed E-state index contributed by atoms with van der Waals surface area (Å²) in [5.74, 6) is 0.213. The first-order chi connectivity index (χ1) is 15.9. The maximum atomic E-state index is 12.3. The highest BCUT2D eigenvalue weighted by molar-refractivity contribution is 5.91. The van der Waals surface area contributed by atoms with E-state index in [1.807, 2.05) is 36.4 Å². The van der Waals surface area contributed by atoms with Crippen LogP contribution in [-0.2, 0) is 5.41 Å². The lowest BCUT2D eigenvalue weighted by atomic mass is 9.78. The molecule has 0 radical (unpaired) electrons. The van der Waals surface area contributed by atoms with Crippen molar-refractivity contribution in [2.45, 2.75) is 19.3 Å². The second-order valence-electron chi connectivity index (χ2n) is 8.18. The lowest BCUT2D eigenvalue weighted by molar-refractivity contribution is 0.0725. The van der Waals surface area contributed by atoms with Crippen molar-refractivity contribution in [3.63, 3.8) is 0 Å². The average Bonchev–Trinajstić information content (AvgIpc) is 2.86. The van der Waals surface area contributed by atoms with E-state index in [2.05, 4.69) is 13.8 Å². The van der Waals surface area contributed by atoms with Crippen molar-refractivity contribution >= 4 is 11.9 Å². The van der Waals surface area contributed by atoms with Crippen LogP contribution in [0.2, 0.25) is 0 Å². The Hall–Kier alpha value is -4.18. The van der Waals surface area contributed by atoms with Crippen LogP contribution in [0.15, 0.2) is 109 Å². The zero-order valence-corrected chi connectivity index (χ0v) is 18.5. The number of hydrogen-bond donors (Lipinski definition) is 0. The molecule has 33 heavy (non-hydrogen) atoms. The Balaban J connectivity index is 1.44. The summed E-state index contributed by atoms with van der Waals surface area (Å²) in [5, 5.41) is 0. The minimum Gasteiger partial charge on any atom is -0.423 e. The van der Waals surface area contributed by atoms with Gasteiger partial charge in [0.05, 0.1) is 11.1 Å². The minimum absolute atomic E-state index is 0.302. The van der Waals surface area contributed by atoms with Gasteiger partial charge in [0.15, 0.2) is 0 Å². The molecule has 4 nitrogen and oxygen atoms in total. The van der Waals surface area contributed by atoms with Gasteiger partial charge in [-0.2, -0.15) is 0 Å². The van der Waals surface area contributed by atoms with Crippen LogP contribution < -0.4 is 9.47 Å². The second-order valence-corrected chi connectivity index (χ2v) is 8.18. The Labute approximate surface area is 193 Å². The zero-order valence-electron chi connectivity index (χ0n) is 18.5. The largest absolute Gasteiger partial charge is 0.423 e. The van der Waals surface area contributed by atoms with Gasteiger partial charge in [0.1, 0.15) is 11.5 Å². The molecule has 0 amide bonds. The molecule has 0 bridgehead atoms. The molecule has 4 aromatic carbocycles. The van der Waals surface area contributed by atoms with Gasteiger partial charge in [-0.1, -0.05) is 74.5 Å². The SMILES string of the molecule is CC(C)(c1ccc(OC(=O)c2ccccc2)cc1)c1ccc(OC(=O)c2ccccc2)cc1. The molecule has 4 heteroatoms. The molecule has 0 aliphatic rings. The van der Waals surface area contributed by atoms with Crippen molar-refractivity contribution in [1.29, 1.82) is 0 Å². The van der Waals surface area contributed by atoms with E-state index in [1.165, 1.54) is 0 Å². The summed E-state index contributed by atoms with van der Waals surface area (Å²) in [6.07, 6.45) is 0. The molecule has 164 valence electrons. The Morgan fingerprint density at radius 3 is 1.18 bits per heavy atom. The van der Waals surface area contributed by atoms with Crippen LogP contribution in [0.4, 0.5) is 0 Å². The van der Waals surface area contributed by atoms with Gasteiger partial charge >= 0.3 is 11.9 Å². The smallest absolute Gasteiger partial charge is 0.343 e. The third kappa shape index (κ3) is 5.18. The molecule has 4 aromatic rings. The molecule has 0 saturated heterocycles. The third-order valence-corrected chi connectivity index (χ3v) is 5.59. The maximum Gasteiger partial charge on any atom is 0.343 e. The van der Waals surface area contributed by atoms with E-state index < -0.39 is 0 Å². The van der Waals surface area contributed by atoms with Gasteiger partial charge in [0, 0.05) is 5.41 Å². The Kier molecular flexibility index (Phi) is 6.36. The maximum absolute atomic E-state index is 12.3. The molecule has 0 aliphatic heterocycles. The summed E-state index contributed by atoms with van der Waals surface area (Å²) in [4.78, 5) is 24.5. The third-order valence-electron chi connectivity index (χ3n) is 5.59. The van der Waals surface area contributed by atoms with E-state index in [-0.39, 0.29) is 17.4 Å². The second kappa shape index (κ2) is 9.53. The molecule has 0 saturated carbocycles. The van der Waals surface area contributed by atoms with Crippen LogP contribution in [0.1, 0.15) is 45.7 Å². The van der Waals surface area contributed by atoms with Crippen molar-refractivity contribution in [2.24, 2.45) is 0 Å².